The van der Waals surface area contributed by atoms with Crippen molar-refractivity contribution in [3.63, 3.8) is 0 Å². The first-order valence-electron chi connectivity index (χ1n) is 10.3. The van der Waals surface area contributed by atoms with E-state index in [4.69, 9.17) is 4.74 Å². The second kappa shape index (κ2) is 10.2. The molecule has 7 nitrogen and oxygen atoms in total. The minimum Gasteiger partial charge on any atom is -0.449 e. The Labute approximate surface area is 173 Å². The van der Waals surface area contributed by atoms with Crippen LogP contribution in [0.5, 0.6) is 0 Å². The van der Waals surface area contributed by atoms with E-state index in [1.54, 1.807) is 20.8 Å². The third-order valence-electron chi connectivity index (χ3n) is 5.53. The fraction of sp³-hybridized carbons (Fsp3) is 0.619. The molecule has 29 heavy (non-hydrogen) atoms. The summed E-state index contributed by atoms with van der Waals surface area (Å²) < 4.78 is 31.7. The molecule has 2 rings (SSSR count). The van der Waals surface area contributed by atoms with Gasteiger partial charge in [-0.3, -0.25) is 4.79 Å². The Balaban J connectivity index is 1.98. The van der Waals surface area contributed by atoms with Crippen LogP contribution in [-0.2, 0) is 19.6 Å². The predicted octanol–water partition coefficient (Wildman–Crippen LogP) is 2.96. The normalized spacial score (nSPS) is 20.9. The van der Waals surface area contributed by atoms with Crippen molar-refractivity contribution in [3.05, 3.63) is 29.8 Å². The van der Waals surface area contributed by atoms with Gasteiger partial charge >= 0.3 is 5.97 Å². The number of rotatable bonds is 8. The van der Waals surface area contributed by atoms with Crippen LogP contribution in [0.15, 0.2) is 29.2 Å². The highest BCUT2D eigenvalue weighted by Crippen LogP contribution is 2.24. The Kier molecular flexibility index (Phi) is 8.22. The SMILES string of the molecule is CCN(CC)S(=O)(=O)c1ccc(C(=O)O[C@@H](C)C(=O)N[C@H]2CCCC[C@@H]2C)cc1. The highest BCUT2D eigenvalue weighted by atomic mass is 32.2. The molecule has 1 fully saturated rings. The van der Waals surface area contributed by atoms with Crippen LogP contribution >= 0.6 is 0 Å². The second-order valence-corrected chi connectivity index (χ2v) is 9.48. The molecule has 8 heteroatoms. The number of benzene rings is 1. The highest BCUT2D eigenvalue weighted by Gasteiger charge is 2.27. The fourth-order valence-corrected chi connectivity index (χ4v) is 5.05. The van der Waals surface area contributed by atoms with E-state index in [2.05, 4.69) is 12.2 Å². The average Bonchev–Trinajstić information content (AvgIpc) is 2.70. The van der Waals surface area contributed by atoms with E-state index in [9.17, 15) is 18.0 Å². The summed E-state index contributed by atoms with van der Waals surface area (Å²) in [7, 11) is -3.58. The van der Waals surface area contributed by atoms with E-state index in [-0.39, 0.29) is 22.4 Å². The van der Waals surface area contributed by atoms with Gasteiger partial charge in [-0.25, -0.2) is 13.2 Å². The Morgan fingerprint density at radius 3 is 2.28 bits per heavy atom. The van der Waals surface area contributed by atoms with E-state index < -0.39 is 22.1 Å². The first-order valence-corrected chi connectivity index (χ1v) is 11.8. The van der Waals surface area contributed by atoms with Gasteiger partial charge < -0.3 is 10.1 Å². The molecule has 1 saturated carbocycles. The van der Waals surface area contributed by atoms with Crippen molar-refractivity contribution in [2.24, 2.45) is 5.92 Å². The molecular weight excluding hydrogens is 392 g/mol. The lowest BCUT2D eigenvalue weighted by atomic mass is 9.86. The van der Waals surface area contributed by atoms with Crippen LogP contribution in [0.2, 0.25) is 0 Å². The molecule has 0 aromatic heterocycles. The summed E-state index contributed by atoms with van der Waals surface area (Å²) >= 11 is 0. The van der Waals surface area contributed by atoms with E-state index in [1.165, 1.54) is 35.0 Å². The van der Waals surface area contributed by atoms with Gasteiger partial charge in [0.15, 0.2) is 6.10 Å². The van der Waals surface area contributed by atoms with Gasteiger partial charge in [-0.2, -0.15) is 4.31 Å². The molecule has 0 heterocycles. The van der Waals surface area contributed by atoms with Gasteiger partial charge in [0, 0.05) is 19.1 Å². The summed E-state index contributed by atoms with van der Waals surface area (Å²) in [5.74, 6) is -0.551. The van der Waals surface area contributed by atoms with Crippen molar-refractivity contribution in [3.8, 4) is 0 Å². The van der Waals surface area contributed by atoms with E-state index in [1.807, 2.05) is 0 Å². The van der Waals surface area contributed by atoms with Crippen molar-refractivity contribution < 1.29 is 22.7 Å². The molecule has 0 radical (unpaired) electrons. The number of hydrogen-bond acceptors (Lipinski definition) is 5. The van der Waals surface area contributed by atoms with E-state index in [0.29, 0.717) is 19.0 Å². The summed E-state index contributed by atoms with van der Waals surface area (Å²) in [6.07, 6.45) is 3.37. The van der Waals surface area contributed by atoms with Gasteiger partial charge in [0.1, 0.15) is 0 Å². The molecule has 0 spiro atoms. The summed E-state index contributed by atoms with van der Waals surface area (Å²) in [4.78, 5) is 24.9. The lowest BCUT2D eigenvalue weighted by Crippen LogP contribution is -2.45. The molecule has 1 aliphatic rings. The zero-order chi connectivity index (χ0) is 21.6. The van der Waals surface area contributed by atoms with Crippen LogP contribution < -0.4 is 5.32 Å². The minimum atomic E-state index is -3.58. The van der Waals surface area contributed by atoms with Crippen molar-refractivity contribution in [1.29, 1.82) is 0 Å². The second-order valence-electron chi connectivity index (χ2n) is 7.54. The summed E-state index contributed by atoms with van der Waals surface area (Å²) in [5, 5.41) is 2.98. The smallest absolute Gasteiger partial charge is 0.338 e. The van der Waals surface area contributed by atoms with Gasteiger partial charge in [-0.1, -0.05) is 33.6 Å². The summed E-state index contributed by atoms with van der Waals surface area (Å²) in [6, 6.07) is 5.71. The van der Waals surface area contributed by atoms with Crippen LogP contribution in [0.3, 0.4) is 0 Å². The van der Waals surface area contributed by atoms with Crippen molar-refractivity contribution in [2.45, 2.75) is 70.4 Å². The molecule has 1 aromatic carbocycles. The molecule has 0 aliphatic heterocycles. The molecule has 1 N–H and O–H groups in total. The van der Waals surface area contributed by atoms with Crippen molar-refractivity contribution >= 4 is 21.9 Å². The van der Waals surface area contributed by atoms with Gasteiger partial charge in [0.05, 0.1) is 10.5 Å². The van der Waals surface area contributed by atoms with Crippen molar-refractivity contribution in [2.75, 3.05) is 13.1 Å². The molecule has 162 valence electrons. The summed E-state index contributed by atoms with van der Waals surface area (Å²) in [6.45, 7) is 7.94. The number of ether oxygens (including phenoxy) is 1. The van der Waals surface area contributed by atoms with Crippen LogP contribution in [0.25, 0.3) is 0 Å². The van der Waals surface area contributed by atoms with Crippen LogP contribution in [0.4, 0.5) is 0 Å². The number of nitrogens with zero attached hydrogens (tertiary/aromatic N) is 1. The van der Waals surface area contributed by atoms with Gasteiger partial charge in [-0.05, 0) is 49.9 Å². The third kappa shape index (κ3) is 5.79. The highest BCUT2D eigenvalue weighted by molar-refractivity contribution is 7.89. The third-order valence-corrected chi connectivity index (χ3v) is 7.59. The maximum absolute atomic E-state index is 12.5. The molecule has 0 bridgehead atoms. The maximum Gasteiger partial charge on any atom is 0.338 e. The first-order chi connectivity index (χ1) is 13.7. The monoisotopic (exact) mass is 424 g/mol. The standard InChI is InChI=1S/C21H32N2O5S/c1-5-23(6-2)29(26,27)18-13-11-17(12-14-18)21(25)28-16(4)20(24)22-19-10-8-7-9-15(19)3/h11-16,19H,5-10H2,1-4H3,(H,22,24)/t15-,16-,19-/m0/s1. The fourth-order valence-electron chi connectivity index (χ4n) is 3.59. The molecular formula is C21H32N2O5S. The number of esters is 1. The average molecular weight is 425 g/mol. The molecule has 0 saturated heterocycles. The Morgan fingerprint density at radius 1 is 1.14 bits per heavy atom. The predicted molar refractivity (Wildman–Crippen MR) is 111 cm³/mol. The van der Waals surface area contributed by atoms with Gasteiger partial charge in [-0.15, -0.1) is 0 Å². The lowest BCUT2D eigenvalue weighted by Gasteiger charge is -2.30. The quantitative estimate of drug-likeness (QED) is 0.648. The Bertz CT molecular complexity index is 803. The van der Waals surface area contributed by atoms with Gasteiger partial charge in [0.25, 0.3) is 5.91 Å². The van der Waals surface area contributed by atoms with E-state index in [0.717, 1.165) is 19.3 Å². The van der Waals surface area contributed by atoms with Crippen LogP contribution in [0.1, 0.15) is 63.7 Å². The number of amides is 1. The van der Waals surface area contributed by atoms with Crippen LogP contribution in [-0.4, -0.2) is 49.8 Å². The number of sulfonamides is 1. The maximum atomic E-state index is 12.5. The number of carbonyl (C=O) groups excluding carboxylic acids is 2. The lowest BCUT2D eigenvalue weighted by molar-refractivity contribution is -0.130. The first kappa shape index (κ1) is 23.3. The molecule has 3 atom stereocenters. The molecule has 1 amide bonds. The van der Waals surface area contributed by atoms with Crippen LogP contribution in [0, 0.1) is 5.92 Å². The number of nitrogens with one attached hydrogen (secondary N) is 1. The zero-order valence-electron chi connectivity index (χ0n) is 17.7. The van der Waals surface area contributed by atoms with E-state index >= 15 is 0 Å². The van der Waals surface area contributed by atoms with Gasteiger partial charge in [0.2, 0.25) is 10.0 Å². The topological polar surface area (TPSA) is 92.8 Å². The Hall–Kier alpha value is -1.93. The molecule has 1 aliphatic carbocycles. The minimum absolute atomic E-state index is 0.113. The number of hydrogen-bond donors (Lipinski definition) is 1. The Morgan fingerprint density at radius 2 is 1.72 bits per heavy atom. The molecule has 1 aromatic rings. The largest absolute Gasteiger partial charge is 0.449 e. The molecule has 0 unspecified atom stereocenters. The summed E-state index contributed by atoms with van der Waals surface area (Å²) in [5.41, 5.74) is 0.203. The number of carbonyl (C=O) groups is 2. The van der Waals surface area contributed by atoms with Crippen molar-refractivity contribution in [1.82, 2.24) is 9.62 Å². The zero-order valence-corrected chi connectivity index (χ0v) is 18.5.